The highest BCUT2D eigenvalue weighted by Crippen LogP contribution is 1.83. The monoisotopic (exact) mass is 218 g/mol. The molecule has 1 rings (SSSR count). The number of nitrogens with two attached hydrogens (primary N) is 1. The molecule has 0 amide bonds. The molecule has 6 nitrogen and oxygen atoms in total. The van der Waals surface area contributed by atoms with Gasteiger partial charge in [0.1, 0.15) is 5.84 Å². The van der Waals surface area contributed by atoms with E-state index < -0.39 is 11.2 Å². The van der Waals surface area contributed by atoms with Crippen molar-refractivity contribution in [2.24, 2.45) is 5.73 Å². The van der Waals surface area contributed by atoms with Gasteiger partial charge in [0.25, 0.3) is 5.56 Å². The molecule has 0 aliphatic rings. The van der Waals surface area contributed by atoms with Crippen LogP contribution in [0.1, 0.15) is 5.56 Å². The summed E-state index contributed by atoms with van der Waals surface area (Å²) in [5, 5.41) is 6.98. The van der Waals surface area contributed by atoms with Crippen molar-refractivity contribution in [2.75, 3.05) is 0 Å². The quantitative estimate of drug-likeness (QED) is 0.447. The number of halogens is 1. The lowest BCUT2D eigenvalue weighted by Crippen LogP contribution is -2.34. The Hall–Kier alpha value is -1.56. The number of nitrogens with one attached hydrogen (secondary N) is 2. The summed E-state index contributed by atoms with van der Waals surface area (Å²) in [5.74, 6) is -0.131. The molecule has 1 heterocycles. The molecular weight excluding hydrogens is 208 g/mol. The number of H-pyrrole nitrogens is 1. The predicted molar refractivity (Wildman–Crippen MR) is 55.2 cm³/mol. The second-order valence-corrected chi connectivity index (χ2v) is 2.72. The minimum Gasteiger partial charge on any atom is -0.386 e. The maximum absolute atomic E-state index is 11.1. The van der Waals surface area contributed by atoms with Crippen LogP contribution >= 0.6 is 12.4 Å². The largest absolute Gasteiger partial charge is 0.386 e. The van der Waals surface area contributed by atoms with Crippen LogP contribution in [-0.4, -0.2) is 15.4 Å². The van der Waals surface area contributed by atoms with Gasteiger partial charge in [-0.15, -0.1) is 12.4 Å². The Kier molecular flexibility index (Phi) is 4.10. The molecule has 0 bridgehead atoms. The van der Waals surface area contributed by atoms with E-state index in [0.717, 1.165) is 0 Å². The number of hydrogen-bond acceptors (Lipinski definition) is 3. The average molecular weight is 219 g/mol. The Labute approximate surface area is 85.7 Å². The van der Waals surface area contributed by atoms with Gasteiger partial charge in [-0.25, -0.2) is 4.79 Å². The summed E-state index contributed by atoms with van der Waals surface area (Å²) in [6.45, 7) is 1.57. The summed E-state index contributed by atoms with van der Waals surface area (Å²) in [4.78, 5) is 24.1. The number of aromatic amines is 1. The molecule has 7 heteroatoms. The summed E-state index contributed by atoms with van der Waals surface area (Å²) in [7, 11) is 0. The number of nitrogens with zero attached hydrogens (tertiary/aromatic N) is 1. The number of hydrogen-bond donors (Lipinski definition) is 3. The van der Waals surface area contributed by atoms with Crippen LogP contribution < -0.4 is 17.0 Å². The Morgan fingerprint density at radius 1 is 1.64 bits per heavy atom. The summed E-state index contributed by atoms with van der Waals surface area (Å²) >= 11 is 0. The fraction of sp³-hybridized carbons (Fsp3) is 0.286. The third-order valence-corrected chi connectivity index (χ3v) is 1.53. The first kappa shape index (κ1) is 12.4. The van der Waals surface area contributed by atoms with Crippen molar-refractivity contribution in [3.63, 3.8) is 0 Å². The van der Waals surface area contributed by atoms with Gasteiger partial charge in [-0.1, -0.05) is 0 Å². The number of aromatic nitrogens is 2. The normalized spacial score (nSPS) is 9.21. The summed E-state index contributed by atoms with van der Waals surface area (Å²) in [6.07, 6.45) is 1.38. The lowest BCUT2D eigenvalue weighted by atomic mass is 10.4. The van der Waals surface area contributed by atoms with Crippen molar-refractivity contribution >= 4 is 18.2 Å². The van der Waals surface area contributed by atoms with Crippen LogP contribution in [-0.2, 0) is 6.54 Å². The molecule has 0 unspecified atom stereocenters. The average Bonchev–Trinajstić information content (AvgIpc) is 1.99. The summed E-state index contributed by atoms with van der Waals surface area (Å²) in [6, 6.07) is 0. The number of rotatable bonds is 2. The van der Waals surface area contributed by atoms with Crippen molar-refractivity contribution in [3.05, 3.63) is 32.6 Å². The highest BCUT2D eigenvalue weighted by Gasteiger charge is 2.00. The molecular formula is C7H11ClN4O2. The molecule has 4 N–H and O–H groups in total. The molecule has 0 aliphatic heterocycles. The van der Waals surface area contributed by atoms with E-state index in [-0.39, 0.29) is 24.8 Å². The molecule has 0 radical (unpaired) electrons. The lowest BCUT2D eigenvalue weighted by Gasteiger charge is -2.03. The lowest BCUT2D eigenvalue weighted by molar-refractivity contribution is 0.743. The van der Waals surface area contributed by atoms with E-state index in [1.165, 1.54) is 10.8 Å². The van der Waals surface area contributed by atoms with Gasteiger partial charge < -0.3 is 5.73 Å². The zero-order chi connectivity index (χ0) is 10.0. The standard InChI is InChI=1S/C7H10N4O2.ClH/c1-4-2-11(3-5(8)9)7(13)10-6(4)12;/h2H,3H2,1H3,(H3,8,9)(H,10,12,13);1H. The minimum absolute atomic E-state index is 0. The molecule has 0 aromatic carbocycles. The van der Waals surface area contributed by atoms with Gasteiger partial charge in [0.05, 0.1) is 6.54 Å². The molecule has 14 heavy (non-hydrogen) atoms. The van der Waals surface area contributed by atoms with E-state index in [9.17, 15) is 9.59 Å². The van der Waals surface area contributed by atoms with Crippen LogP contribution in [0.3, 0.4) is 0 Å². The molecule has 1 aromatic rings. The second-order valence-electron chi connectivity index (χ2n) is 2.72. The number of amidine groups is 1. The fourth-order valence-electron chi connectivity index (χ4n) is 0.919. The molecule has 78 valence electrons. The van der Waals surface area contributed by atoms with Gasteiger partial charge in [0, 0.05) is 11.8 Å². The zero-order valence-corrected chi connectivity index (χ0v) is 8.35. The zero-order valence-electron chi connectivity index (χ0n) is 7.53. The third-order valence-electron chi connectivity index (χ3n) is 1.53. The van der Waals surface area contributed by atoms with Crippen LogP contribution in [0.4, 0.5) is 0 Å². The van der Waals surface area contributed by atoms with E-state index in [2.05, 4.69) is 4.98 Å². The van der Waals surface area contributed by atoms with Gasteiger partial charge in [-0.05, 0) is 6.92 Å². The maximum Gasteiger partial charge on any atom is 0.328 e. The maximum atomic E-state index is 11.1. The third kappa shape index (κ3) is 2.74. The first-order valence-corrected chi connectivity index (χ1v) is 3.64. The molecule has 0 atom stereocenters. The van der Waals surface area contributed by atoms with Gasteiger partial charge in [-0.2, -0.15) is 0 Å². The van der Waals surface area contributed by atoms with E-state index in [4.69, 9.17) is 11.1 Å². The second kappa shape index (κ2) is 4.61. The first-order valence-electron chi connectivity index (χ1n) is 3.64. The van der Waals surface area contributed by atoms with Gasteiger partial charge in [0.2, 0.25) is 0 Å². The van der Waals surface area contributed by atoms with E-state index in [0.29, 0.717) is 5.56 Å². The fourth-order valence-corrected chi connectivity index (χ4v) is 0.919. The van der Waals surface area contributed by atoms with Crippen molar-refractivity contribution in [1.29, 1.82) is 5.41 Å². The first-order chi connectivity index (χ1) is 6.00. The van der Waals surface area contributed by atoms with Crippen LogP contribution in [0.15, 0.2) is 15.8 Å². The van der Waals surface area contributed by atoms with E-state index in [1.807, 2.05) is 0 Å². The summed E-state index contributed by atoms with van der Waals surface area (Å²) < 4.78 is 1.18. The molecule has 0 spiro atoms. The Balaban J connectivity index is 0.00000169. The van der Waals surface area contributed by atoms with Crippen molar-refractivity contribution < 1.29 is 0 Å². The minimum atomic E-state index is -0.550. The molecule has 1 aromatic heterocycles. The summed E-state index contributed by atoms with van der Waals surface area (Å²) in [5.41, 5.74) is 4.57. The Morgan fingerprint density at radius 2 is 2.21 bits per heavy atom. The van der Waals surface area contributed by atoms with E-state index >= 15 is 0 Å². The molecule has 0 saturated heterocycles. The van der Waals surface area contributed by atoms with Crippen LogP contribution in [0, 0.1) is 12.3 Å². The Bertz CT molecular complexity index is 448. The van der Waals surface area contributed by atoms with Gasteiger partial charge >= 0.3 is 5.69 Å². The smallest absolute Gasteiger partial charge is 0.328 e. The van der Waals surface area contributed by atoms with Crippen molar-refractivity contribution in [2.45, 2.75) is 13.5 Å². The predicted octanol–water partition coefficient (Wildman–Crippen LogP) is -0.797. The number of aryl methyl sites for hydroxylation is 1. The molecule has 0 fully saturated rings. The SMILES string of the molecule is Cc1cn(CC(=N)N)c(=O)[nH]c1=O.Cl. The van der Waals surface area contributed by atoms with Gasteiger partial charge in [-0.3, -0.25) is 19.8 Å². The molecule has 0 saturated carbocycles. The van der Waals surface area contributed by atoms with Crippen LogP contribution in [0.2, 0.25) is 0 Å². The topological polar surface area (TPSA) is 105 Å². The van der Waals surface area contributed by atoms with Crippen LogP contribution in [0.5, 0.6) is 0 Å². The molecule has 0 aliphatic carbocycles. The van der Waals surface area contributed by atoms with E-state index in [1.54, 1.807) is 6.92 Å². The van der Waals surface area contributed by atoms with Crippen molar-refractivity contribution in [1.82, 2.24) is 9.55 Å². The highest BCUT2D eigenvalue weighted by molar-refractivity contribution is 5.85. The highest BCUT2D eigenvalue weighted by atomic mass is 35.5. The van der Waals surface area contributed by atoms with Crippen molar-refractivity contribution in [3.8, 4) is 0 Å². The van der Waals surface area contributed by atoms with Crippen LogP contribution in [0.25, 0.3) is 0 Å². The Morgan fingerprint density at radius 3 is 2.71 bits per heavy atom. The van der Waals surface area contributed by atoms with Gasteiger partial charge in [0.15, 0.2) is 0 Å².